The SMILES string of the molecule is CCCCCCCCCCC(C)(CCCCCCCCCC)OC(N)CCC. The molecule has 2 N–H and O–H groups in total. The van der Waals surface area contributed by atoms with Crippen LogP contribution in [0.15, 0.2) is 0 Å². The zero-order valence-electron chi connectivity index (χ0n) is 20.2. The molecule has 0 aliphatic carbocycles. The molecule has 2 nitrogen and oxygen atoms in total. The van der Waals surface area contributed by atoms with Crippen LogP contribution in [0.5, 0.6) is 0 Å². The van der Waals surface area contributed by atoms with Crippen molar-refractivity contribution < 1.29 is 4.74 Å². The number of hydrogen-bond acceptors (Lipinski definition) is 2. The second kappa shape index (κ2) is 20.2. The Labute approximate surface area is 178 Å². The summed E-state index contributed by atoms with van der Waals surface area (Å²) < 4.78 is 6.38. The van der Waals surface area contributed by atoms with Gasteiger partial charge in [-0.1, -0.05) is 130 Å². The van der Waals surface area contributed by atoms with Gasteiger partial charge in [0.05, 0.1) is 5.60 Å². The normalized spacial score (nSPS) is 13.2. The predicted molar refractivity (Wildman–Crippen MR) is 127 cm³/mol. The van der Waals surface area contributed by atoms with Gasteiger partial charge in [-0.3, -0.25) is 0 Å². The van der Waals surface area contributed by atoms with Crippen LogP contribution in [0.25, 0.3) is 0 Å². The first-order chi connectivity index (χ1) is 13.6. The molecule has 0 rings (SSSR count). The van der Waals surface area contributed by atoms with Gasteiger partial charge in [-0.15, -0.1) is 0 Å². The summed E-state index contributed by atoms with van der Waals surface area (Å²) >= 11 is 0. The van der Waals surface area contributed by atoms with E-state index < -0.39 is 0 Å². The van der Waals surface area contributed by atoms with Gasteiger partial charge in [0.1, 0.15) is 6.23 Å². The molecule has 0 aromatic carbocycles. The maximum atomic E-state index is 6.38. The van der Waals surface area contributed by atoms with Gasteiger partial charge in [0, 0.05) is 0 Å². The number of hydrogen-bond donors (Lipinski definition) is 1. The first-order valence-corrected chi connectivity index (χ1v) is 13.0. The number of ether oxygens (including phenoxy) is 1. The Kier molecular flexibility index (Phi) is 20.1. The zero-order chi connectivity index (χ0) is 20.9. The van der Waals surface area contributed by atoms with E-state index in [9.17, 15) is 0 Å². The Morgan fingerprint density at radius 1 is 0.571 bits per heavy atom. The van der Waals surface area contributed by atoms with E-state index in [0.29, 0.717) is 0 Å². The van der Waals surface area contributed by atoms with E-state index >= 15 is 0 Å². The molecule has 0 aromatic rings. The topological polar surface area (TPSA) is 35.2 Å². The summed E-state index contributed by atoms with van der Waals surface area (Å²) in [5.74, 6) is 0. The first-order valence-electron chi connectivity index (χ1n) is 13.0. The van der Waals surface area contributed by atoms with E-state index in [1.807, 2.05) is 0 Å². The van der Waals surface area contributed by atoms with Crippen LogP contribution in [0.3, 0.4) is 0 Å². The summed E-state index contributed by atoms with van der Waals surface area (Å²) in [6.45, 7) is 9.09. The Morgan fingerprint density at radius 2 is 0.929 bits per heavy atom. The third-order valence-electron chi connectivity index (χ3n) is 6.13. The molecule has 0 aliphatic heterocycles. The standard InChI is InChI=1S/C26H55NO/c1-5-8-10-12-14-16-18-20-23-26(4,28-25(27)22-7-3)24-21-19-17-15-13-11-9-6-2/h25H,5-24,27H2,1-4H3. The van der Waals surface area contributed by atoms with Crippen LogP contribution >= 0.6 is 0 Å². The van der Waals surface area contributed by atoms with Gasteiger partial charge in [-0.05, 0) is 26.2 Å². The van der Waals surface area contributed by atoms with Crippen molar-refractivity contribution in [1.29, 1.82) is 0 Å². The number of rotatable bonds is 22. The lowest BCUT2D eigenvalue weighted by atomic mass is 9.90. The van der Waals surface area contributed by atoms with Gasteiger partial charge in [0.15, 0.2) is 0 Å². The molecular formula is C26H55NO. The molecule has 0 saturated heterocycles. The van der Waals surface area contributed by atoms with Crippen LogP contribution in [0.2, 0.25) is 0 Å². The molecule has 0 aliphatic rings. The fourth-order valence-corrected chi connectivity index (χ4v) is 4.22. The van der Waals surface area contributed by atoms with Gasteiger partial charge in [0.2, 0.25) is 0 Å². The van der Waals surface area contributed by atoms with Crippen molar-refractivity contribution in [2.45, 2.75) is 168 Å². The van der Waals surface area contributed by atoms with Crippen LogP contribution in [0.4, 0.5) is 0 Å². The monoisotopic (exact) mass is 397 g/mol. The van der Waals surface area contributed by atoms with Crippen LogP contribution in [0, 0.1) is 0 Å². The molecule has 1 atom stereocenters. The van der Waals surface area contributed by atoms with E-state index in [2.05, 4.69) is 27.7 Å². The van der Waals surface area contributed by atoms with Crippen molar-refractivity contribution in [3.63, 3.8) is 0 Å². The second-order valence-electron chi connectivity index (χ2n) is 9.34. The van der Waals surface area contributed by atoms with Crippen molar-refractivity contribution >= 4 is 0 Å². The molecule has 0 aromatic heterocycles. The minimum atomic E-state index is -0.0851. The van der Waals surface area contributed by atoms with Crippen LogP contribution in [0.1, 0.15) is 156 Å². The molecule has 0 radical (unpaired) electrons. The summed E-state index contributed by atoms with van der Waals surface area (Å²) in [5.41, 5.74) is 6.23. The van der Waals surface area contributed by atoms with E-state index in [4.69, 9.17) is 10.5 Å². The van der Waals surface area contributed by atoms with Gasteiger partial charge in [-0.2, -0.15) is 0 Å². The van der Waals surface area contributed by atoms with Crippen molar-refractivity contribution in [3.05, 3.63) is 0 Å². The molecule has 0 bridgehead atoms. The molecule has 0 fully saturated rings. The minimum Gasteiger partial charge on any atom is -0.357 e. The Bertz CT molecular complexity index is 285. The van der Waals surface area contributed by atoms with Gasteiger partial charge < -0.3 is 10.5 Å². The first kappa shape index (κ1) is 27.9. The quantitative estimate of drug-likeness (QED) is 0.146. The summed E-state index contributed by atoms with van der Waals surface area (Å²) in [4.78, 5) is 0. The van der Waals surface area contributed by atoms with Gasteiger partial charge in [-0.25, -0.2) is 0 Å². The summed E-state index contributed by atoms with van der Waals surface area (Å²) in [6, 6.07) is 0. The largest absolute Gasteiger partial charge is 0.357 e. The second-order valence-corrected chi connectivity index (χ2v) is 9.34. The van der Waals surface area contributed by atoms with Crippen LogP contribution in [-0.4, -0.2) is 11.8 Å². The van der Waals surface area contributed by atoms with Crippen LogP contribution in [-0.2, 0) is 4.74 Å². The summed E-state index contributed by atoms with van der Waals surface area (Å²) in [5, 5.41) is 0. The van der Waals surface area contributed by atoms with Gasteiger partial charge in [0.25, 0.3) is 0 Å². The van der Waals surface area contributed by atoms with Crippen molar-refractivity contribution in [2.24, 2.45) is 5.73 Å². The predicted octanol–water partition coefficient (Wildman–Crippen LogP) is 8.91. The molecule has 0 saturated carbocycles. The highest BCUT2D eigenvalue weighted by molar-refractivity contribution is 4.77. The fourth-order valence-electron chi connectivity index (χ4n) is 4.22. The van der Waals surface area contributed by atoms with Crippen molar-refractivity contribution in [3.8, 4) is 0 Å². The highest BCUT2D eigenvalue weighted by atomic mass is 16.5. The molecule has 170 valence electrons. The number of unbranched alkanes of at least 4 members (excludes halogenated alkanes) is 14. The lowest BCUT2D eigenvalue weighted by Gasteiger charge is -2.33. The molecule has 1 unspecified atom stereocenters. The average Bonchev–Trinajstić information content (AvgIpc) is 2.66. The summed E-state index contributed by atoms with van der Waals surface area (Å²) in [6.07, 6.45) is 26.4. The molecule has 0 spiro atoms. The fraction of sp³-hybridized carbons (Fsp3) is 1.00. The average molecular weight is 398 g/mol. The third kappa shape index (κ3) is 18.0. The lowest BCUT2D eigenvalue weighted by molar-refractivity contribution is -0.0949. The Hall–Kier alpha value is -0.0800. The zero-order valence-corrected chi connectivity index (χ0v) is 20.2. The van der Waals surface area contributed by atoms with Crippen molar-refractivity contribution in [1.82, 2.24) is 0 Å². The van der Waals surface area contributed by atoms with Crippen LogP contribution < -0.4 is 5.73 Å². The van der Waals surface area contributed by atoms with E-state index in [1.165, 1.54) is 116 Å². The highest BCUT2D eigenvalue weighted by Crippen LogP contribution is 2.28. The van der Waals surface area contributed by atoms with E-state index in [0.717, 1.165) is 12.8 Å². The smallest absolute Gasteiger partial charge is 0.106 e. The van der Waals surface area contributed by atoms with Crippen molar-refractivity contribution in [2.75, 3.05) is 0 Å². The van der Waals surface area contributed by atoms with Gasteiger partial charge >= 0.3 is 0 Å². The van der Waals surface area contributed by atoms with E-state index in [1.54, 1.807) is 0 Å². The minimum absolute atomic E-state index is 0.0149. The number of nitrogens with two attached hydrogens (primary N) is 1. The maximum Gasteiger partial charge on any atom is 0.106 e. The molecule has 2 heteroatoms. The third-order valence-corrected chi connectivity index (χ3v) is 6.13. The molecule has 0 heterocycles. The summed E-state index contributed by atoms with van der Waals surface area (Å²) in [7, 11) is 0. The lowest BCUT2D eigenvalue weighted by Crippen LogP contribution is -2.38. The Morgan fingerprint density at radius 3 is 1.29 bits per heavy atom. The highest BCUT2D eigenvalue weighted by Gasteiger charge is 2.26. The molecular weight excluding hydrogens is 342 g/mol. The molecule has 28 heavy (non-hydrogen) atoms. The van der Waals surface area contributed by atoms with E-state index in [-0.39, 0.29) is 11.8 Å². The Balaban J connectivity index is 4.04. The maximum absolute atomic E-state index is 6.38. The molecule has 0 amide bonds.